The van der Waals surface area contributed by atoms with E-state index in [2.05, 4.69) is 27.3 Å². The van der Waals surface area contributed by atoms with Crippen LogP contribution in [0.25, 0.3) is 16.2 Å². The SMILES string of the molecule is O=C(/C=C/c1ccccc1N1CCN(C(O)Cc2csc3ccccc23)CC1)NO. The van der Waals surface area contributed by atoms with Crippen LogP contribution in [0.4, 0.5) is 5.69 Å². The van der Waals surface area contributed by atoms with Crippen LogP contribution in [0.15, 0.2) is 60.0 Å². The maximum Gasteiger partial charge on any atom is 0.267 e. The highest BCUT2D eigenvalue weighted by molar-refractivity contribution is 7.17. The molecule has 1 amide bonds. The summed E-state index contributed by atoms with van der Waals surface area (Å²) in [6, 6.07) is 16.2. The zero-order valence-corrected chi connectivity index (χ0v) is 17.4. The minimum atomic E-state index is -0.557. The Kier molecular flexibility index (Phi) is 6.44. The molecule has 1 aliphatic heterocycles. The fraction of sp³-hybridized carbons (Fsp3) is 0.261. The van der Waals surface area contributed by atoms with Crippen molar-refractivity contribution in [2.45, 2.75) is 12.6 Å². The molecule has 0 aliphatic carbocycles. The molecule has 4 rings (SSSR count). The third-order valence-electron chi connectivity index (χ3n) is 5.50. The fourth-order valence-electron chi connectivity index (χ4n) is 3.90. The predicted molar refractivity (Wildman–Crippen MR) is 121 cm³/mol. The third kappa shape index (κ3) is 4.55. The zero-order chi connectivity index (χ0) is 20.9. The summed E-state index contributed by atoms with van der Waals surface area (Å²) in [4.78, 5) is 15.7. The Labute approximate surface area is 179 Å². The molecule has 1 atom stereocenters. The maximum atomic E-state index is 11.3. The molecule has 1 saturated heterocycles. The van der Waals surface area contributed by atoms with Gasteiger partial charge in [-0.05, 0) is 40.1 Å². The zero-order valence-electron chi connectivity index (χ0n) is 16.6. The number of carbonyl (C=O) groups excluding carboxylic acids is 1. The van der Waals surface area contributed by atoms with E-state index in [4.69, 9.17) is 5.21 Å². The van der Waals surface area contributed by atoms with Crippen molar-refractivity contribution in [3.8, 4) is 0 Å². The Balaban J connectivity index is 1.39. The summed E-state index contributed by atoms with van der Waals surface area (Å²) in [5.41, 5.74) is 4.76. The van der Waals surface area contributed by atoms with Gasteiger partial charge in [0.15, 0.2) is 0 Å². The summed E-state index contributed by atoms with van der Waals surface area (Å²) in [7, 11) is 0. The highest BCUT2D eigenvalue weighted by Gasteiger charge is 2.24. The largest absolute Gasteiger partial charge is 0.378 e. The molecule has 30 heavy (non-hydrogen) atoms. The summed E-state index contributed by atoms with van der Waals surface area (Å²) in [6.07, 6.45) is 3.13. The van der Waals surface area contributed by atoms with Gasteiger partial charge in [0.2, 0.25) is 0 Å². The number of nitrogens with zero attached hydrogens (tertiary/aromatic N) is 2. The van der Waals surface area contributed by atoms with Gasteiger partial charge in [-0.3, -0.25) is 14.9 Å². The number of fused-ring (bicyclic) bond motifs is 1. The molecule has 1 aromatic heterocycles. The lowest BCUT2D eigenvalue weighted by atomic mass is 10.1. The van der Waals surface area contributed by atoms with Crippen LogP contribution in [0.1, 0.15) is 11.1 Å². The number of hydrogen-bond donors (Lipinski definition) is 3. The maximum absolute atomic E-state index is 11.3. The number of hydrogen-bond acceptors (Lipinski definition) is 6. The number of piperazine rings is 1. The monoisotopic (exact) mass is 423 g/mol. The second-order valence-corrected chi connectivity index (χ2v) is 8.24. The molecule has 3 N–H and O–H groups in total. The average Bonchev–Trinajstić information content (AvgIpc) is 3.20. The summed E-state index contributed by atoms with van der Waals surface area (Å²) < 4.78 is 1.25. The number of carbonyl (C=O) groups is 1. The molecule has 156 valence electrons. The van der Waals surface area contributed by atoms with Gasteiger partial charge in [0, 0.05) is 49.1 Å². The summed E-state index contributed by atoms with van der Waals surface area (Å²) >= 11 is 1.72. The Hall–Kier alpha value is -2.71. The van der Waals surface area contributed by atoms with Crippen molar-refractivity contribution in [1.82, 2.24) is 10.4 Å². The highest BCUT2D eigenvalue weighted by Crippen LogP contribution is 2.28. The molecule has 0 spiro atoms. The number of anilines is 1. The highest BCUT2D eigenvalue weighted by atomic mass is 32.1. The molecule has 3 aromatic rings. The summed E-state index contributed by atoms with van der Waals surface area (Å²) in [5, 5.41) is 22.9. The molecule has 1 unspecified atom stereocenters. The van der Waals surface area contributed by atoms with Crippen LogP contribution in [-0.4, -0.2) is 53.5 Å². The molecule has 1 aliphatic rings. The van der Waals surface area contributed by atoms with Crippen molar-refractivity contribution < 1.29 is 15.1 Å². The van der Waals surface area contributed by atoms with E-state index in [0.29, 0.717) is 6.42 Å². The number of amides is 1. The van der Waals surface area contributed by atoms with Gasteiger partial charge in [-0.15, -0.1) is 11.3 Å². The normalized spacial score (nSPS) is 16.3. The number of para-hydroxylation sites is 1. The number of aliphatic hydroxyl groups is 1. The van der Waals surface area contributed by atoms with Crippen molar-refractivity contribution >= 4 is 39.1 Å². The molecular weight excluding hydrogens is 398 g/mol. The van der Waals surface area contributed by atoms with E-state index in [1.165, 1.54) is 21.7 Å². The minimum absolute atomic E-state index is 0.506. The van der Waals surface area contributed by atoms with E-state index in [9.17, 15) is 9.90 Å². The van der Waals surface area contributed by atoms with Crippen molar-refractivity contribution in [1.29, 1.82) is 0 Å². The number of nitrogens with one attached hydrogen (secondary N) is 1. The van der Waals surface area contributed by atoms with E-state index in [0.717, 1.165) is 37.4 Å². The van der Waals surface area contributed by atoms with Gasteiger partial charge in [0.05, 0.1) is 0 Å². The first kappa shape index (κ1) is 20.6. The lowest BCUT2D eigenvalue weighted by molar-refractivity contribution is -0.124. The van der Waals surface area contributed by atoms with Crippen LogP contribution in [0.3, 0.4) is 0 Å². The third-order valence-corrected chi connectivity index (χ3v) is 6.51. The second kappa shape index (κ2) is 9.40. The van der Waals surface area contributed by atoms with Crippen molar-refractivity contribution in [2.75, 3.05) is 31.1 Å². The van der Waals surface area contributed by atoms with E-state index in [-0.39, 0.29) is 0 Å². The lowest BCUT2D eigenvalue weighted by Gasteiger charge is -2.39. The molecule has 0 radical (unpaired) electrons. The number of rotatable bonds is 6. The van der Waals surface area contributed by atoms with Crippen LogP contribution in [-0.2, 0) is 11.2 Å². The quantitative estimate of drug-likeness (QED) is 0.323. The molecule has 0 saturated carbocycles. The minimum Gasteiger partial charge on any atom is -0.378 e. The Morgan fingerprint density at radius 3 is 2.63 bits per heavy atom. The molecule has 1 fully saturated rings. The van der Waals surface area contributed by atoms with Crippen molar-refractivity contribution in [2.24, 2.45) is 0 Å². The molecular formula is C23H25N3O3S. The van der Waals surface area contributed by atoms with E-state index in [1.807, 2.05) is 36.4 Å². The van der Waals surface area contributed by atoms with Crippen LogP contribution < -0.4 is 10.4 Å². The fourth-order valence-corrected chi connectivity index (χ4v) is 4.87. The number of aliphatic hydroxyl groups excluding tert-OH is 1. The van der Waals surface area contributed by atoms with Crippen molar-refractivity contribution in [3.05, 3.63) is 71.1 Å². The summed E-state index contributed by atoms with van der Waals surface area (Å²) in [5.74, 6) is -0.557. The topological polar surface area (TPSA) is 76.0 Å². The second-order valence-electron chi connectivity index (χ2n) is 7.33. The molecule has 2 aromatic carbocycles. The van der Waals surface area contributed by atoms with Gasteiger partial charge >= 0.3 is 0 Å². The Bertz CT molecular complexity index is 1040. The molecule has 2 heterocycles. The first-order valence-electron chi connectivity index (χ1n) is 9.99. The van der Waals surface area contributed by atoms with Crippen LogP contribution in [0, 0.1) is 0 Å². The molecule has 6 nitrogen and oxygen atoms in total. The van der Waals surface area contributed by atoms with Crippen molar-refractivity contribution in [3.63, 3.8) is 0 Å². The molecule has 7 heteroatoms. The predicted octanol–water partition coefficient (Wildman–Crippen LogP) is 3.10. The van der Waals surface area contributed by atoms with Gasteiger partial charge in [0.25, 0.3) is 5.91 Å². The van der Waals surface area contributed by atoms with Crippen LogP contribution in [0.2, 0.25) is 0 Å². The molecule has 0 bridgehead atoms. The first-order chi connectivity index (χ1) is 14.7. The number of thiophene rings is 1. The first-order valence-corrected chi connectivity index (χ1v) is 10.9. The van der Waals surface area contributed by atoms with Gasteiger partial charge in [-0.2, -0.15) is 0 Å². The van der Waals surface area contributed by atoms with Gasteiger partial charge in [0.1, 0.15) is 6.23 Å². The Morgan fingerprint density at radius 1 is 1.10 bits per heavy atom. The van der Waals surface area contributed by atoms with Gasteiger partial charge in [-0.25, -0.2) is 5.48 Å². The summed E-state index contributed by atoms with van der Waals surface area (Å²) in [6.45, 7) is 3.10. The smallest absolute Gasteiger partial charge is 0.267 e. The lowest BCUT2D eigenvalue weighted by Crippen LogP contribution is -2.51. The standard InChI is InChI=1S/C23H25N3O3S/c27-22(24-29)10-9-17-5-1-3-7-20(17)25-11-13-26(14-12-25)23(28)15-18-16-30-21-8-4-2-6-19(18)21/h1-10,16,23,28-29H,11-15H2,(H,24,27)/b10-9+. The van der Waals surface area contributed by atoms with E-state index in [1.54, 1.807) is 22.9 Å². The van der Waals surface area contributed by atoms with Gasteiger partial charge in [-0.1, -0.05) is 36.4 Å². The van der Waals surface area contributed by atoms with Crippen LogP contribution >= 0.6 is 11.3 Å². The van der Waals surface area contributed by atoms with E-state index < -0.39 is 12.1 Å². The van der Waals surface area contributed by atoms with Gasteiger partial charge < -0.3 is 10.0 Å². The number of benzene rings is 2. The Morgan fingerprint density at radius 2 is 1.83 bits per heavy atom. The van der Waals surface area contributed by atoms with E-state index >= 15 is 0 Å². The number of hydroxylamine groups is 1. The average molecular weight is 424 g/mol. The van der Waals surface area contributed by atoms with Crippen LogP contribution in [0.5, 0.6) is 0 Å².